The summed E-state index contributed by atoms with van der Waals surface area (Å²) in [5, 5.41) is 4.12. The van der Waals surface area contributed by atoms with Crippen LogP contribution in [-0.2, 0) is 13.0 Å². The molecule has 1 N–H and O–H groups in total. The molecule has 0 aliphatic carbocycles. The third-order valence-electron chi connectivity index (χ3n) is 7.35. The van der Waals surface area contributed by atoms with Gasteiger partial charge in [-0.2, -0.15) is 0 Å². The highest BCUT2D eigenvalue weighted by atomic mass is 35.5. The highest BCUT2D eigenvalue weighted by Crippen LogP contribution is 2.41. The number of imidazole rings is 1. The number of carbonyl (C=O) groups excluding carboxylic acids is 1. The molecule has 1 amide bonds. The number of nitrogens with one attached hydrogen (secondary N) is 1. The Kier molecular flexibility index (Phi) is 7.22. The van der Waals surface area contributed by atoms with Gasteiger partial charge in [-0.3, -0.25) is 9.20 Å². The standard InChI is InChI=1S/C32H29Cl2N3O3/c1-3-40-23-13-10-20(11-14-23)29-25-9-4-5-16-36-28(21-12-15-26(33)27(34)17-21)19-37(32(25)36)30(29)31(38)35-22-7-6-8-24(18-22)39-2/h6-8,10-15,17-19H,3-5,9,16H2,1-2H3,(H,35,38). The van der Waals surface area contributed by atoms with Gasteiger partial charge in [-0.15, -0.1) is 0 Å². The maximum Gasteiger partial charge on any atom is 0.273 e. The molecule has 3 heterocycles. The summed E-state index contributed by atoms with van der Waals surface area (Å²) < 4.78 is 15.4. The first-order valence-corrected chi connectivity index (χ1v) is 14.1. The van der Waals surface area contributed by atoms with Crippen molar-refractivity contribution in [3.05, 3.63) is 94.2 Å². The molecular formula is C32H29Cl2N3O3. The van der Waals surface area contributed by atoms with Gasteiger partial charge < -0.3 is 19.4 Å². The molecule has 5 aromatic rings. The average Bonchev–Trinajstić information content (AvgIpc) is 3.38. The lowest BCUT2D eigenvalue weighted by molar-refractivity contribution is 0.102. The lowest BCUT2D eigenvalue weighted by atomic mass is 9.97. The third-order valence-corrected chi connectivity index (χ3v) is 8.09. The third kappa shape index (κ3) is 4.72. The molecular weight excluding hydrogens is 545 g/mol. The second-order valence-corrected chi connectivity index (χ2v) is 10.6. The number of aryl methyl sites for hydroxylation is 2. The molecule has 0 bridgehead atoms. The van der Waals surface area contributed by atoms with Crippen molar-refractivity contribution in [2.75, 3.05) is 19.0 Å². The number of anilines is 1. The quantitative estimate of drug-likeness (QED) is 0.213. The van der Waals surface area contributed by atoms with Gasteiger partial charge in [0.15, 0.2) is 0 Å². The van der Waals surface area contributed by atoms with Crippen LogP contribution >= 0.6 is 23.2 Å². The van der Waals surface area contributed by atoms with Crippen molar-refractivity contribution in [1.82, 2.24) is 8.97 Å². The lowest BCUT2D eigenvalue weighted by Crippen LogP contribution is -2.15. The molecule has 0 fully saturated rings. The monoisotopic (exact) mass is 573 g/mol. The second-order valence-electron chi connectivity index (χ2n) is 9.79. The van der Waals surface area contributed by atoms with Gasteiger partial charge in [0.25, 0.3) is 5.91 Å². The Labute approximate surface area is 243 Å². The molecule has 40 heavy (non-hydrogen) atoms. The van der Waals surface area contributed by atoms with Gasteiger partial charge in [-0.1, -0.05) is 47.5 Å². The van der Waals surface area contributed by atoms with Gasteiger partial charge in [0, 0.05) is 41.2 Å². The van der Waals surface area contributed by atoms with Crippen LogP contribution in [0.5, 0.6) is 11.5 Å². The zero-order valence-electron chi connectivity index (χ0n) is 22.3. The van der Waals surface area contributed by atoms with E-state index in [1.54, 1.807) is 7.11 Å². The van der Waals surface area contributed by atoms with E-state index >= 15 is 0 Å². The largest absolute Gasteiger partial charge is 0.497 e. The molecule has 0 atom stereocenters. The number of ether oxygens (including phenoxy) is 2. The Hall–Kier alpha value is -3.87. The molecule has 6 rings (SSSR count). The number of rotatable bonds is 7. The predicted molar refractivity (Wildman–Crippen MR) is 161 cm³/mol. The summed E-state index contributed by atoms with van der Waals surface area (Å²) >= 11 is 12.6. The van der Waals surface area contributed by atoms with E-state index in [-0.39, 0.29) is 5.91 Å². The van der Waals surface area contributed by atoms with E-state index in [9.17, 15) is 4.79 Å². The maximum atomic E-state index is 14.1. The number of aromatic nitrogens is 2. The molecule has 0 saturated heterocycles. The van der Waals surface area contributed by atoms with Crippen molar-refractivity contribution in [2.45, 2.75) is 32.7 Å². The first kappa shape index (κ1) is 26.4. The number of carbonyl (C=O) groups is 1. The van der Waals surface area contributed by atoms with Crippen LogP contribution in [0.2, 0.25) is 10.0 Å². The zero-order valence-corrected chi connectivity index (χ0v) is 23.9. The Morgan fingerprint density at radius 3 is 2.50 bits per heavy atom. The number of halogens is 2. The fraction of sp³-hybridized carbons (Fsp3) is 0.219. The Morgan fingerprint density at radius 2 is 1.75 bits per heavy atom. The number of amides is 1. The van der Waals surface area contributed by atoms with E-state index in [2.05, 4.69) is 9.88 Å². The molecule has 0 radical (unpaired) electrons. The molecule has 0 spiro atoms. The van der Waals surface area contributed by atoms with Crippen LogP contribution in [0.3, 0.4) is 0 Å². The fourth-order valence-electron chi connectivity index (χ4n) is 5.58. The molecule has 2 aromatic heterocycles. The summed E-state index contributed by atoms with van der Waals surface area (Å²) in [6, 6.07) is 21.1. The van der Waals surface area contributed by atoms with Crippen LogP contribution in [0.15, 0.2) is 72.9 Å². The molecule has 8 heteroatoms. The first-order chi connectivity index (χ1) is 19.5. The minimum atomic E-state index is -0.197. The second kappa shape index (κ2) is 11.0. The van der Waals surface area contributed by atoms with Crippen molar-refractivity contribution < 1.29 is 14.3 Å². The summed E-state index contributed by atoms with van der Waals surface area (Å²) in [5.41, 5.74) is 7.28. The molecule has 6 nitrogen and oxygen atoms in total. The molecule has 1 aliphatic rings. The van der Waals surface area contributed by atoms with Crippen molar-refractivity contribution in [1.29, 1.82) is 0 Å². The predicted octanol–water partition coefficient (Wildman–Crippen LogP) is 8.38. The van der Waals surface area contributed by atoms with E-state index in [1.807, 2.05) is 84.3 Å². The molecule has 0 saturated carbocycles. The summed E-state index contributed by atoms with van der Waals surface area (Å²) in [6.45, 7) is 3.40. The normalized spacial score (nSPS) is 12.8. The summed E-state index contributed by atoms with van der Waals surface area (Å²) in [7, 11) is 1.61. The minimum Gasteiger partial charge on any atom is -0.497 e. The average molecular weight is 575 g/mol. The van der Waals surface area contributed by atoms with Crippen molar-refractivity contribution in [2.24, 2.45) is 0 Å². The molecule has 1 aliphatic heterocycles. The van der Waals surface area contributed by atoms with Crippen molar-refractivity contribution >= 4 is 40.4 Å². The van der Waals surface area contributed by atoms with Crippen molar-refractivity contribution in [3.8, 4) is 33.9 Å². The summed E-state index contributed by atoms with van der Waals surface area (Å²) in [6.07, 6.45) is 4.95. The lowest BCUT2D eigenvalue weighted by Gasteiger charge is -2.12. The number of methoxy groups -OCH3 is 1. The van der Waals surface area contributed by atoms with Gasteiger partial charge in [0.2, 0.25) is 0 Å². The van der Waals surface area contributed by atoms with Crippen LogP contribution < -0.4 is 14.8 Å². The molecule has 3 aromatic carbocycles. The maximum absolute atomic E-state index is 14.1. The Morgan fingerprint density at radius 1 is 0.950 bits per heavy atom. The van der Waals surface area contributed by atoms with Gasteiger partial charge in [0.1, 0.15) is 22.8 Å². The van der Waals surface area contributed by atoms with Crippen LogP contribution in [-0.4, -0.2) is 28.6 Å². The highest BCUT2D eigenvalue weighted by Gasteiger charge is 2.30. The van der Waals surface area contributed by atoms with E-state index < -0.39 is 0 Å². The number of hydrogen-bond donors (Lipinski definition) is 1. The minimum absolute atomic E-state index is 0.197. The van der Waals surface area contributed by atoms with E-state index in [0.29, 0.717) is 33.8 Å². The zero-order chi connectivity index (χ0) is 27.8. The highest BCUT2D eigenvalue weighted by molar-refractivity contribution is 6.42. The van der Waals surface area contributed by atoms with E-state index in [1.165, 1.54) is 0 Å². The van der Waals surface area contributed by atoms with Gasteiger partial charge >= 0.3 is 0 Å². The van der Waals surface area contributed by atoms with Crippen LogP contribution in [0, 0.1) is 0 Å². The first-order valence-electron chi connectivity index (χ1n) is 13.4. The van der Waals surface area contributed by atoms with Crippen LogP contribution in [0.4, 0.5) is 5.69 Å². The number of benzene rings is 3. The van der Waals surface area contributed by atoms with Gasteiger partial charge in [0.05, 0.1) is 29.5 Å². The summed E-state index contributed by atoms with van der Waals surface area (Å²) in [5.74, 6) is 1.28. The number of nitrogens with zero attached hydrogens (tertiary/aromatic N) is 2. The Balaban J connectivity index is 1.57. The SMILES string of the molecule is CCOc1ccc(-c2c3c4n(c(-c5ccc(Cl)c(Cl)c5)cn4c2C(=O)Nc2cccc(OC)c2)CCCC3)cc1. The van der Waals surface area contributed by atoms with Gasteiger partial charge in [-0.05, 0) is 68.1 Å². The fourth-order valence-corrected chi connectivity index (χ4v) is 5.88. The van der Waals surface area contributed by atoms with E-state index in [0.717, 1.165) is 65.2 Å². The van der Waals surface area contributed by atoms with Gasteiger partial charge in [-0.25, -0.2) is 0 Å². The Bertz CT molecular complexity index is 1720. The molecule has 0 unspecified atom stereocenters. The summed E-state index contributed by atoms with van der Waals surface area (Å²) in [4.78, 5) is 14.1. The van der Waals surface area contributed by atoms with Crippen LogP contribution in [0.1, 0.15) is 35.8 Å². The van der Waals surface area contributed by atoms with Crippen molar-refractivity contribution in [3.63, 3.8) is 0 Å². The number of hydrogen-bond acceptors (Lipinski definition) is 3. The smallest absolute Gasteiger partial charge is 0.273 e. The topological polar surface area (TPSA) is 56.9 Å². The van der Waals surface area contributed by atoms with Crippen LogP contribution in [0.25, 0.3) is 28.0 Å². The molecule has 204 valence electrons. The van der Waals surface area contributed by atoms with E-state index in [4.69, 9.17) is 32.7 Å².